The van der Waals surface area contributed by atoms with Crippen molar-refractivity contribution in [2.24, 2.45) is 0 Å². The van der Waals surface area contributed by atoms with Crippen molar-refractivity contribution in [3.63, 3.8) is 0 Å². The number of nitrogens with one attached hydrogen (secondary N) is 1. The molecular formula is C26H23BrN6O2. The van der Waals surface area contributed by atoms with Crippen molar-refractivity contribution in [2.75, 3.05) is 5.32 Å². The van der Waals surface area contributed by atoms with Gasteiger partial charge in [0.05, 0.1) is 23.8 Å². The van der Waals surface area contributed by atoms with E-state index in [-0.39, 0.29) is 19.2 Å². The molecule has 9 heteroatoms. The number of rotatable bonds is 7. The van der Waals surface area contributed by atoms with Crippen LogP contribution in [0.15, 0.2) is 77.7 Å². The van der Waals surface area contributed by atoms with E-state index in [0.29, 0.717) is 11.3 Å². The summed E-state index contributed by atoms with van der Waals surface area (Å²) in [6.45, 7) is 4.26. The zero-order chi connectivity index (χ0) is 24.4. The summed E-state index contributed by atoms with van der Waals surface area (Å²) in [7, 11) is 0. The number of amides is 1. The van der Waals surface area contributed by atoms with E-state index >= 15 is 0 Å². The molecule has 0 aliphatic heterocycles. The zero-order valence-corrected chi connectivity index (χ0v) is 20.9. The molecule has 0 atom stereocenters. The molecule has 0 unspecified atom stereocenters. The van der Waals surface area contributed by atoms with Crippen molar-refractivity contribution in [3.8, 4) is 16.9 Å². The summed E-state index contributed by atoms with van der Waals surface area (Å²) in [6, 6.07) is 17.9. The number of hydrogen-bond donors (Lipinski definition) is 1. The van der Waals surface area contributed by atoms with Gasteiger partial charge in [0.1, 0.15) is 12.3 Å². The van der Waals surface area contributed by atoms with E-state index in [1.165, 1.54) is 5.56 Å². The van der Waals surface area contributed by atoms with Gasteiger partial charge in [0, 0.05) is 16.1 Å². The number of aryl methyl sites for hydroxylation is 2. The number of fused-ring (bicyclic) bond motifs is 1. The van der Waals surface area contributed by atoms with E-state index in [1.54, 1.807) is 28.0 Å². The summed E-state index contributed by atoms with van der Waals surface area (Å²) in [5.41, 5.74) is 5.42. The van der Waals surface area contributed by atoms with Gasteiger partial charge in [-0.25, -0.2) is 14.3 Å². The lowest BCUT2D eigenvalue weighted by molar-refractivity contribution is -0.116. The summed E-state index contributed by atoms with van der Waals surface area (Å²) in [5, 5.41) is 12.7. The lowest BCUT2D eigenvalue weighted by Gasteiger charge is -2.07. The second-order valence-electron chi connectivity index (χ2n) is 8.21. The van der Waals surface area contributed by atoms with Gasteiger partial charge >= 0.3 is 0 Å². The maximum Gasteiger partial charge on any atom is 0.246 e. The number of anilines is 1. The average molecular weight is 531 g/mol. The third-order valence-electron chi connectivity index (χ3n) is 5.56. The van der Waals surface area contributed by atoms with Gasteiger partial charge in [-0.05, 0) is 55.3 Å². The molecule has 0 aliphatic carbocycles. The fourth-order valence-corrected chi connectivity index (χ4v) is 4.14. The number of carbonyl (C=O) groups excluding carboxylic acids is 1. The minimum atomic E-state index is -0.217. The largest absolute Gasteiger partial charge is 0.471 e. The van der Waals surface area contributed by atoms with Crippen LogP contribution in [0.3, 0.4) is 0 Å². The minimum Gasteiger partial charge on any atom is -0.471 e. The molecule has 3 aromatic heterocycles. The number of carbonyl (C=O) groups is 1. The van der Waals surface area contributed by atoms with E-state index in [4.69, 9.17) is 4.74 Å². The standard InChI is InChI=1S/C26H23BrN6O2/c1-17-3-5-19(6-4-17)23-11-12-28-26-25(23)18(2)31-33(26)15-24(34)30-21-13-29-32(14-21)16-35-22-9-7-20(27)8-10-22/h3-14H,15-16H2,1-2H3,(H,30,34). The third-order valence-corrected chi connectivity index (χ3v) is 6.09. The van der Waals surface area contributed by atoms with Gasteiger partial charge in [-0.15, -0.1) is 0 Å². The lowest BCUT2D eigenvalue weighted by atomic mass is 10.0. The average Bonchev–Trinajstić information content (AvgIpc) is 3.43. The highest BCUT2D eigenvalue weighted by molar-refractivity contribution is 9.10. The Kier molecular flexibility index (Phi) is 6.33. The number of aromatic nitrogens is 5. The first-order chi connectivity index (χ1) is 17.0. The topological polar surface area (TPSA) is 86.9 Å². The van der Waals surface area contributed by atoms with E-state index in [0.717, 1.165) is 32.4 Å². The van der Waals surface area contributed by atoms with E-state index < -0.39 is 0 Å². The van der Waals surface area contributed by atoms with Crippen LogP contribution >= 0.6 is 15.9 Å². The third kappa shape index (κ3) is 5.09. The van der Waals surface area contributed by atoms with E-state index in [9.17, 15) is 4.79 Å². The normalized spacial score (nSPS) is 11.1. The van der Waals surface area contributed by atoms with E-state index in [1.807, 2.05) is 37.3 Å². The SMILES string of the molecule is Cc1ccc(-c2ccnc3c2c(C)nn3CC(=O)Nc2cnn(COc3ccc(Br)cc3)c2)cc1. The zero-order valence-electron chi connectivity index (χ0n) is 19.3. The maximum absolute atomic E-state index is 12.8. The van der Waals surface area contributed by atoms with Crippen LogP contribution < -0.4 is 10.1 Å². The monoisotopic (exact) mass is 530 g/mol. The number of ether oxygens (including phenoxy) is 1. The molecule has 5 aromatic rings. The number of pyridine rings is 1. The van der Waals surface area contributed by atoms with Crippen LogP contribution in [0, 0.1) is 13.8 Å². The molecule has 5 rings (SSSR count). The number of halogens is 1. The van der Waals surface area contributed by atoms with Crippen molar-refractivity contribution < 1.29 is 9.53 Å². The Morgan fingerprint density at radius 3 is 2.60 bits per heavy atom. The summed E-state index contributed by atoms with van der Waals surface area (Å²) < 4.78 is 9.94. The van der Waals surface area contributed by atoms with Crippen molar-refractivity contribution in [1.82, 2.24) is 24.5 Å². The predicted molar refractivity (Wildman–Crippen MR) is 138 cm³/mol. The van der Waals surface area contributed by atoms with Gasteiger partial charge < -0.3 is 10.1 Å². The Balaban J connectivity index is 1.28. The van der Waals surface area contributed by atoms with Crippen molar-refractivity contribution in [2.45, 2.75) is 27.1 Å². The quantitative estimate of drug-likeness (QED) is 0.306. The molecule has 0 radical (unpaired) electrons. The summed E-state index contributed by atoms with van der Waals surface area (Å²) in [4.78, 5) is 17.3. The Hall–Kier alpha value is -3.98. The Labute approximate surface area is 210 Å². The number of hydrogen-bond acceptors (Lipinski definition) is 5. The van der Waals surface area contributed by atoms with Crippen LogP contribution in [0.5, 0.6) is 5.75 Å². The summed E-state index contributed by atoms with van der Waals surface area (Å²) in [5.74, 6) is 0.512. The molecule has 0 saturated heterocycles. The van der Waals surface area contributed by atoms with Gasteiger partial charge in [0.2, 0.25) is 5.91 Å². The predicted octanol–water partition coefficient (Wildman–Crippen LogP) is 5.35. The molecule has 1 amide bonds. The van der Waals surface area contributed by atoms with Gasteiger partial charge in [-0.2, -0.15) is 10.2 Å². The van der Waals surface area contributed by atoms with Crippen LogP contribution in [-0.2, 0) is 18.1 Å². The summed E-state index contributed by atoms with van der Waals surface area (Å²) in [6.07, 6.45) is 5.06. The Bertz CT molecular complexity index is 1490. The molecule has 2 aromatic carbocycles. The minimum absolute atomic E-state index is 0.0370. The van der Waals surface area contributed by atoms with Gasteiger partial charge in [-0.3, -0.25) is 4.79 Å². The molecule has 0 fully saturated rings. The number of nitrogens with zero attached hydrogens (tertiary/aromatic N) is 5. The molecular weight excluding hydrogens is 508 g/mol. The molecule has 176 valence electrons. The molecule has 0 bridgehead atoms. The van der Waals surface area contributed by atoms with Crippen LogP contribution in [0.4, 0.5) is 5.69 Å². The Morgan fingerprint density at radius 2 is 1.83 bits per heavy atom. The molecule has 0 saturated carbocycles. The van der Waals surface area contributed by atoms with Crippen LogP contribution in [0.1, 0.15) is 11.3 Å². The second kappa shape index (κ2) is 9.71. The first-order valence-electron chi connectivity index (χ1n) is 11.1. The van der Waals surface area contributed by atoms with Crippen LogP contribution in [0.2, 0.25) is 0 Å². The molecule has 3 heterocycles. The van der Waals surface area contributed by atoms with Gasteiger partial charge in [0.25, 0.3) is 0 Å². The smallest absolute Gasteiger partial charge is 0.246 e. The molecule has 0 spiro atoms. The molecule has 1 N–H and O–H groups in total. The van der Waals surface area contributed by atoms with Crippen LogP contribution in [-0.4, -0.2) is 30.5 Å². The van der Waals surface area contributed by atoms with Gasteiger partial charge in [-0.1, -0.05) is 45.8 Å². The first-order valence-corrected chi connectivity index (χ1v) is 11.9. The van der Waals surface area contributed by atoms with Crippen molar-refractivity contribution >= 4 is 38.6 Å². The highest BCUT2D eigenvalue weighted by atomic mass is 79.9. The molecule has 8 nitrogen and oxygen atoms in total. The molecule has 35 heavy (non-hydrogen) atoms. The lowest BCUT2D eigenvalue weighted by Crippen LogP contribution is -2.19. The highest BCUT2D eigenvalue weighted by Crippen LogP contribution is 2.30. The van der Waals surface area contributed by atoms with E-state index in [2.05, 4.69) is 67.6 Å². The molecule has 0 aliphatic rings. The van der Waals surface area contributed by atoms with Crippen LogP contribution in [0.25, 0.3) is 22.2 Å². The fourth-order valence-electron chi connectivity index (χ4n) is 3.87. The van der Waals surface area contributed by atoms with Crippen molar-refractivity contribution in [3.05, 3.63) is 88.9 Å². The second-order valence-corrected chi connectivity index (χ2v) is 9.13. The van der Waals surface area contributed by atoms with Gasteiger partial charge in [0.15, 0.2) is 12.4 Å². The first kappa shape index (κ1) is 22.8. The summed E-state index contributed by atoms with van der Waals surface area (Å²) >= 11 is 3.40. The number of benzene rings is 2. The maximum atomic E-state index is 12.8. The Morgan fingerprint density at radius 1 is 1.06 bits per heavy atom. The fraction of sp³-hybridized carbons (Fsp3) is 0.154. The highest BCUT2D eigenvalue weighted by Gasteiger charge is 2.16. The van der Waals surface area contributed by atoms with Crippen molar-refractivity contribution in [1.29, 1.82) is 0 Å².